The quantitative estimate of drug-likeness (QED) is 0.498. The van der Waals surface area contributed by atoms with Crippen LogP contribution in [0.2, 0.25) is 0 Å². The van der Waals surface area contributed by atoms with Crippen molar-refractivity contribution >= 4 is 23.0 Å². The van der Waals surface area contributed by atoms with Crippen LogP contribution in [0.3, 0.4) is 0 Å². The van der Waals surface area contributed by atoms with Crippen LogP contribution in [0, 0.1) is 30.9 Å². The van der Waals surface area contributed by atoms with Gasteiger partial charge in [-0.15, -0.1) is 0 Å². The number of carbonyl (C=O) groups is 1. The van der Waals surface area contributed by atoms with Gasteiger partial charge in [0.2, 0.25) is 5.91 Å². The van der Waals surface area contributed by atoms with Gasteiger partial charge < -0.3 is 11.1 Å². The van der Waals surface area contributed by atoms with Crippen molar-refractivity contribution < 1.29 is 9.72 Å². The molecule has 8 nitrogen and oxygen atoms in total. The Bertz CT molecular complexity index is 767. The van der Waals surface area contributed by atoms with Gasteiger partial charge in [0.05, 0.1) is 11.5 Å². The summed E-state index contributed by atoms with van der Waals surface area (Å²) < 4.78 is 1.49. The first-order chi connectivity index (χ1) is 10.8. The normalized spacial score (nSPS) is 10.6. The van der Waals surface area contributed by atoms with Crippen LogP contribution < -0.4 is 11.1 Å². The number of amides is 1. The minimum Gasteiger partial charge on any atom is -0.399 e. The molecule has 0 unspecified atom stereocenters. The molecule has 122 valence electrons. The first-order valence-corrected chi connectivity index (χ1v) is 7.14. The van der Waals surface area contributed by atoms with Gasteiger partial charge in [-0.1, -0.05) is 6.07 Å². The number of nitrogens with two attached hydrogens (primary N) is 1. The number of hydrogen-bond acceptors (Lipinski definition) is 5. The lowest BCUT2D eigenvalue weighted by Gasteiger charge is -2.09. The van der Waals surface area contributed by atoms with Gasteiger partial charge in [0, 0.05) is 17.8 Å². The third-order valence-electron chi connectivity index (χ3n) is 3.61. The van der Waals surface area contributed by atoms with E-state index >= 15 is 0 Å². The molecule has 1 aromatic heterocycles. The smallest absolute Gasteiger partial charge is 0.312 e. The van der Waals surface area contributed by atoms with Crippen molar-refractivity contribution in [3.05, 3.63) is 45.3 Å². The molecule has 23 heavy (non-hydrogen) atoms. The molecule has 0 radical (unpaired) electrons. The monoisotopic (exact) mass is 317 g/mol. The van der Waals surface area contributed by atoms with Gasteiger partial charge in [0.25, 0.3) is 0 Å². The number of benzene rings is 1. The fraction of sp³-hybridized carbons (Fsp3) is 0.333. The number of nitrogens with one attached hydrogen (secondary N) is 1. The molecule has 8 heteroatoms. The molecule has 2 aromatic rings. The number of carbonyl (C=O) groups excluding carboxylic acids is 1. The van der Waals surface area contributed by atoms with E-state index in [1.807, 2.05) is 13.0 Å². The highest BCUT2D eigenvalue weighted by Gasteiger charge is 2.21. The molecular weight excluding hydrogens is 298 g/mol. The number of rotatable bonds is 5. The van der Waals surface area contributed by atoms with Crippen molar-refractivity contribution in [2.75, 3.05) is 11.1 Å². The van der Waals surface area contributed by atoms with Gasteiger partial charge in [0.15, 0.2) is 0 Å². The van der Waals surface area contributed by atoms with Gasteiger partial charge in [-0.25, -0.2) is 0 Å². The summed E-state index contributed by atoms with van der Waals surface area (Å²) >= 11 is 0. The fourth-order valence-electron chi connectivity index (χ4n) is 2.36. The van der Waals surface area contributed by atoms with Crippen molar-refractivity contribution in [3.8, 4) is 0 Å². The van der Waals surface area contributed by atoms with Gasteiger partial charge in [-0.05, 0) is 38.5 Å². The molecule has 1 amide bonds. The predicted octanol–water partition coefficient (Wildman–Crippen LogP) is 2.33. The van der Waals surface area contributed by atoms with Crippen molar-refractivity contribution in [1.82, 2.24) is 9.78 Å². The Hall–Kier alpha value is -2.90. The average Bonchev–Trinajstić information content (AvgIpc) is 2.75. The minimum atomic E-state index is -0.454. The van der Waals surface area contributed by atoms with Crippen molar-refractivity contribution in [2.24, 2.45) is 0 Å². The summed E-state index contributed by atoms with van der Waals surface area (Å²) in [6.45, 7) is 5.35. The summed E-state index contributed by atoms with van der Waals surface area (Å²) in [7, 11) is 0. The SMILES string of the molecule is Cc1ccc(N)cc1NC(=O)CCn1nc(C)c([N+](=O)[O-])c1C. The zero-order chi connectivity index (χ0) is 17.1. The zero-order valence-corrected chi connectivity index (χ0v) is 13.3. The van der Waals surface area contributed by atoms with Crippen LogP contribution in [0.25, 0.3) is 0 Å². The highest BCUT2D eigenvalue weighted by molar-refractivity contribution is 5.91. The van der Waals surface area contributed by atoms with E-state index in [0.29, 0.717) is 22.8 Å². The van der Waals surface area contributed by atoms with Gasteiger partial charge in [-0.3, -0.25) is 19.6 Å². The highest BCUT2D eigenvalue weighted by Crippen LogP contribution is 2.22. The predicted molar refractivity (Wildman–Crippen MR) is 87.2 cm³/mol. The Morgan fingerprint density at radius 3 is 2.70 bits per heavy atom. The first kappa shape index (κ1) is 16.5. The van der Waals surface area contributed by atoms with Crippen LogP contribution in [-0.2, 0) is 11.3 Å². The number of aryl methyl sites for hydroxylation is 3. The third-order valence-corrected chi connectivity index (χ3v) is 3.61. The van der Waals surface area contributed by atoms with Crippen LogP contribution in [0.15, 0.2) is 18.2 Å². The summed E-state index contributed by atoms with van der Waals surface area (Å²) in [4.78, 5) is 22.6. The molecular formula is C15H19N5O3. The molecule has 0 fully saturated rings. The standard InChI is InChI=1S/C15H19N5O3/c1-9-4-5-12(16)8-13(9)17-14(21)6-7-19-11(3)15(20(22)23)10(2)18-19/h4-5,8H,6-7,16H2,1-3H3,(H,17,21). The Balaban J connectivity index is 2.04. The van der Waals surface area contributed by atoms with E-state index < -0.39 is 4.92 Å². The van der Waals surface area contributed by atoms with Crippen molar-refractivity contribution in [3.63, 3.8) is 0 Å². The molecule has 0 bridgehead atoms. The molecule has 0 atom stereocenters. The molecule has 2 rings (SSSR count). The van der Waals surface area contributed by atoms with E-state index in [1.165, 1.54) is 4.68 Å². The molecule has 0 spiro atoms. The van der Waals surface area contributed by atoms with E-state index in [0.717, 1.165) is 5.56 Å². The maximum Gasteiger partial charge on any atom is 0.312 e. The lowest BCUT2D eigenvalue weighted by atomic mass is 10.2. The Morgan fingerprint density at radius 2 is 2.09 bits per heavy atom. The lowest BCUT2D eigenvalue weighted by Crippen LogP contribution is -2.16. The van der Waals surface area contributed by atoms with Crippen LogP contribution >= 0.6 is 0 Å². The molecule has 3 N–H and O–H groups in total. The average molecular weight is 317 g/mol. The summed E-state index contributed by atoms with van der Waals surface area (Å²) in [5, 5.41) is 17.9. The second-order valence-corrected chi connectivity index (χ2v) is 5.37. The van der Waals surface area contributed by atoms with Gasteiger partial charge >= 0.3 is 5.69 Å². The van der Waals surface area contributed by atoms with Crippen molar-refractivity contribution in [2.45, 2.75) is 33.7 Å². The topological polar surface area (TPSA) is 116 Å². The molecule has 0 aliphatic heterocycles. The minimum absolute atomic E-state index is 0.00270. The summed E-state index contributed by atoms with van der Waals surface area (Å²) in [6, 6.07) is 5.29. The Labute approximate surface area is 133 Å². The number of hydrogen-bond donors (Lipinski definition) is 2. The number of nitrogen functional groups attached to an aromatic ring is 1. The first-order valence-electron chi connectivity index (χ1n) is 7.14. The van der Waals surface area contributed by atoms with Gasteiger partial charge in [0.1, 0.15) is 11.4 Å². The van der Waals surface area contributed by atoms with Gasteiger partial charge in [-0.2, -0.15) is 5.10 Å². The summed E-state index contributed by atoms with van der Waals surface area (Å²) in [5.41, 5.74) is 8.64. The second-order valence-electron chi connectivity index (χ2n) is 5.37. The maximum atomic E-state index is 12.1. The maximum absolute atomic E-state index is 12.1. The fourth-order valence-corrected chi connectivity index (χ4v) is 2.36. The van der Waals surface area contributed by atoms with E-state index in [1.54, 1.807) is 26.0 Å². The molecule has 1 heterocycles. The molecule has 1 aromatic carbocycles. The Kier molecular flexibility index (Phi) is 4.63. The second kappa shape index (κ2) is 6.47. The summed E-state index contributed by atoms with van der Waals surface area (Å²) in [6.07, 6.45) is 0.160. The molecule has 0 aliphatic carbocycles. The number of nitrogens with zero attached hydrogens (tertiary/aromatic N) is 3. The zero-order valence-electron chi connectivity index (χ0n) is 13.3. The van der Waals surface area contributed by atoms with Crippen LogP contribution in [0.4, 0.5) is 17.1 Å². The Morgan fingerprint density at radius 1 is 1.39 bits per heavy atom. The van der Waals surface area contributed by atoms with Crippen molar-refractivity contribution in [1.29, 1.82) is 0 Å². The van der Waals surface area contributed by atoms with Crippen LogP contribution in [0.5, 0.6) is 0 Å². The summed E-state index contributed by atoms with van der Waals surface area (Å²) in [5.74, 6) is -0.200. The van der Waals surface area contributed by atoms with Crippen LogP contribution in [0.1, 0.15) is 23.4 Å². The molecule has 0 saturated carbocycles. The van der Waals surface area contributed by atoms with E-state index in [2.05, 4.69) is 10.4 Å². The molecule has 0 saturated heterocycles. The largest absolute Gasteiger partial charge is 0.399 e. The molecule has 0 aliphatic rings. The van der Waals surface area contributed by atoms with E-state index in [-0.39, 0.29) is 24.6 Å². The number of anilines is 2. The van der Waals surface area contributed by atoms with E-state index in [9.17, 15) is 14.9 Å². The number of aromatic nitrogens is 2. The van der Waals surface area contributed by atoms with E-state index in [4.69, 9.17) is 5.73 Å². The highest BCUT2D eigenvalue weighted by atomic mass is 16.6. The third kappa shape index (κ3) is 3.65. The number of nitro groups is 1. The van der Waals surface area contributed by atoms with Crippen LogP contribution in [-0.4, -0.2) is 20.6 Å². The lowest BCUT2D eigenvalue weighted by molar-refractivity contribution is -0.386.